The first-order valence-corrected chi connectivity index (χ1v) is 9.24. The normalized spacial score (nSPS) is 10.8. The van der Waals surface area contributed by atoms with Crippen LogP contribution >= 0.6 is 11.8 Å². The third-order valence-corrected chi connectivity index (χ3v) is 4.37. The van der Waals surface area contributed by atoms with Crippen LogP contribution in [0.2, 0.25) is 0 Å². The SMILES string of the molecule is C[C@@H](Oc1ccc(C#N)cc1)C(=O)OCC(=O)Nc1ccccc1SCC#N. The molecule has 2 aromatic carbocycles. The molecule has 2 aromatic rings. The molecule has 0 radical (unpaired) electrons. The highest BCUT2D eigenvalue weighted by atomic mass is 32.2. The summed E-state index contributed by atoms with van der Waals surface area (Å²) in [7, 11) is 0. The number of para-hydroxylation sites is 1. The van der Waals surface area contributed by atoms with Gasteiger partial charge in [0.05, 0.1) is 29.1 Å². The van der Waals surface area contributed by atoms with Gasteiger partial charge in [0, 0.05) is 4.90 Å². The number of nitriles is 2. The van der Waals surface area contributed by atoms with E-state index in [2.05, 4.69) is 5.32 Å². The maximum atomic E-state index is 12.1. The Labute approximate surface area is 166 Å². The lowest BCUT2D eigenvalue weighted by Crippen LogP contribution is -2.29. The van der Waals surface area contributed by atoms with Gasteiger partial charge in [-0.1, -0.05) is 12.1 Å². The molecule has 28 heavy (non-hydrogen) atoms. The lowest BCUT2D eigenvalue weighted by molar-refractivity contribution is -0.153. The van der Waals surface area contributed by atoms with E-state index >= 15 is 0 Å². The van der Waals surface area contributed by atoms with Gasteiger partial charge in [0.2, 0.25) is 0 Å². The Morgan fingerprint density at radius 3 is 2.54 bits per heavy atom. The Hall–Kier alpha value is -3.49. The molecule has 1 N–H and O–H groups in total. The van der Waals surface area contributed by atoms with Crippen LogP contribution in [0.5, 0.6) is 5.75 Å². The summed E-state index contributed by atoms with van der Waals surface area (Å²) in [6, 6.07) is 17.4. The van der Waals surface area contributed by atoms with Gasteiger partial charge in [0.25, 0.3) is 5.91 Å². The van der Waals surface area contributed by atoms with Crippen LogP contribution in [0.4, 0.5) is 5.69 Å². The lowest BCUT2D eigenvalue weighted by Gasteiger charge is -2.14. The monoisotopic (exact) mass is 395 g/mol. The highest BCUT2D eigenvalue weighted by Crippen LogP contribution is 2.26. The fourth-order valence-corrected chi connectivity index (χ4v) is 2.78. The van der Waals surface area contributed by atoms with Crippen molar-refractivity contribution in [2.45, 2.75) is 17.9 Å². The van der Waals surface area contributed by atoms with Gasteiger partial charge in [-0.25, -0.2) is 4.79 Å². The standard InChI is InChI=1S/C20H17N3O4S/c1-14(27-16-8-6-15(12-22)7-9-16)20(25)26-13-19(24)23-17-4-2-3-5-18(17)28-11-10-21/h2-9,14H,11,13H2,1H3,(H,23,24)/t14-/m1/s1. The lowest BCUT2D eigenvalue weighted by atomic mass is 10.2. The summed E-state index contributed by atoms with van der Waals surface area (Å²) in [5.41, 5.74) is 1.03. The number of anilines is 1. The van der Waals surface area contributed by atoms with Crippen LogP contribution in [0.15, 0.2) is 53.4 Å². The van der Waals surface area contributed by atoms with Crippen molar-refractivity contribution in [2.24, 2.45) is 0 Å². The zero-order valence-electron chi connectivity index (χ0n) is 15.0. The van der Waals surface area contributed by atoms with Crippen LogP contribution in [0.1, 0.15) is 12.5 Å². The number of carbonyl (C=O) groups excluding carboxylic acids is 2. The van der Waals surface area contributed by atoms with E-state index in [1.54, 1.807) is 48.5 Å². The van der Waals surface area contributed by atoms with Crippen LogP contribution in [0.3, 0.4) is 0 Å². The van der Waals surface area contributed by atoms with E-state index < -0.39 is 24.6 Å². The third kappa shape index (κ3) is 6.35. The van der Waals surface area contributed by atoms with E-state index in [-0.39, 0.29) is 5.75 Å². The Kier molecular flexibility index (Phi) is 7.89. The first kappa shape index (κ1) is 20.8. The number of thioether (sulfide) groups is 1. The number of benzene rings is 2. The Morgan fingerprint density at radius 2 is 1.86 bits per heavy atom. The van der Waals surface area contributed by atoms with E-state index in [0.29, 0.717) is 17.0 Å². The van der Waals surface area contributed by atoms with Crippen molar-refractivity contribution < 1.29 is 19.1 Å². The van der Waals surface area contributed by atoms with E-state index in [0.717, 1.165) is 4.90 Å². The largest absolute Gasteiger partial charge is 0.479 e. The minimum Gasteiger partial charge on any atom is -0.479 e. The molecule has 0 aliphatic rings. The first-order chi connectivity index (χ1) is 13.5. The molecule has 0 saturated carbocycles. The number of hydrogen-bond donors (Lipinski definition) is 1. The minimum absolute atomic E-state index is 0.256. The topological polar surface area (TPSA) is 112 Å². The minimum atomic E-state index is -0.917. The summed E-state index contributed by atoms with van der Waals surface area (Å²) >= 11 is 1.30. The zero-order chi connectivity index (χ0) is 20.4. The third-order valence-electron chi connectivity index (χ3n) is 3.43. The summed E-state index contributed by atoms with van der Waals surface area (Å²) in [6.07, 6.45) is -0.917. The number of ether oxygens (including phenoxy) is 2. The van der Waals surface area contributed by atoms with Crippen LogP contribution in [-0.4, -0.2) is 30.3 Å². The number of amides is 1. The van der Waals surface area contributed by atoms with Gasteiger partial charge in [0.15, 0.2) is 12.7 Å². The highest BCUT2D eigenvalue weighted by Gasteiger charge is 2.18. The second-order valence-corrected chi connectivity index (χ2v) is 6.51. The summed E-state index contributed by atoms with van der Waals surface area (Å²) < 4.78 is 10.4. The van der Waals surface area contributed by atoms with Gasteiger partial charge in [-0.2, -0.15) is 10.5 Å². The van der Waals surface area contributed by atoms with Gasteiger partial charge in [0.1, 0.15) is 5.75 Å². The van der Waals surface area contributed by atoms with Gasteiger partial charge >= 0.3 is 5.97 Å². The number of carbonyl (C=O) groups is 2. The summed E-state index contributed by atoms with van der Waals surface area (Å²) in [5.74, 6) is -0.515. The molecule has 7 nitrogen and oxygen atoms in total. The van der Waals surface area contributed by atoms with E-state index in [4.69, 9.17) is 20.0 Å². The van der Waals surface area contributed by atoms with E-state index in [1.165, 1.54) is 18.7 Å². The van der Waals surface area contributed by atoms with Crippen molar-refractivity contribution in [1.82, 2.24) is 0 Å². The van der Waals surface area contributed by atoms with Crippen LogP contribution in [0.25, 0.3) is 0 Å². The Bertz CT molecular complexity index is 916. The molecule has 0 unspecified atom stereocenters. The molecule has 0 fully saturated rings. The van der Waals surface area contributed by atoms with E-state index in [1.807, 2.05) is 12.1 Å². The molecule has 0 aromatic heterocycles. The number of esters is 1. The van der Waals surface area contributed by atoms with Crippen molar-refractivity contribution in [2.75, 3.05) is 17.7 Å². The van der Waals surface area contributed by atoms with Crippen molar-refractivity contribution in [1.29, 1.82) is 10.5 Å². The molecular weight excluding hydrogens is 378 g/mol. The first-order valence-electron chi connectivity index (χ1n) is 8.25. The van der Waals surface area contributed by atoms with Gasteiger partial charge in [-0.05, 0) is 43.3 Å². The molecule has 1 atom stereocenters. The molecule has 0 bridgehead atoms. The maximum Gasteiger partial charge on any atom is 0.347 e. The molecule has 0 heterocycles. The fraction of sp³-hybridized carbons (Fsp3) is 0.200. The number of nitrogens with one attached hydrogen (secondary N) is 1. The highest BCUT2D eigenvalue weighted by molar-refractivity contribution is 7.99. The van der Waals surface area contributed by atoms with Crippen molar-refractivity contribution >= 4 is 29.3 Å². The van der Waals surface area contributed by atoms with Crippen LogP contribution < -0.4 is 10.1 Å². The van der Waals surface area contributed by atoms with Gasteiger partial charge < -0.3 is 14.8 Å². The van der Waals surface area contributed by atoms with Gasteiger partial charge in [-0.3, -0.25) is 4.79 Å². The average molecular weight is 395 g/mol. The predicted molar refractivity (Wildman–Crippen MR) is 104 cm³/mol. The maximum absolute atomic E-state index is 12.1. The van der Waals surface area contributed by atoms with Crippen molar-refractivity contribution in [3.8, 4) is 17.9 Å². The number of rotatable bonds is 8. The molecule has 8 heteroatoms. The summed E-state index contributed by atoms with van der Waals surface area (Å²) in [6.45, 7) is 1.05. The Balaban J connectivity index is 1.84. The molecule has 0 saturated heterocycles. The van der Waals surface area contributed by atoms with Crippen LogP contribution in [-0.2, 0) is 14.3 Å². The molecule has 142 valence electrons. The number of hydrogen-bond acceptors (Lipinski definition) is 7. The van der Waals surface area contributed by atoms with Crippen molar-refractivity contribution in [3.63, 3.8) is 0 Å². The second kappa shape index (κ2) is 10.6. The predicted octanol–water partition coefficient (Wildman–Crippen LogP) is 3.12. The second-order valence-electron chi connectivity index (χ2n) is 5.50. The average Bonchev–Trinajstić information content (AvgIpc) is 2.71. The molecule has 1 amide bonds. The van der Waals surface area contributed by atoms with Gasteiger partial charge in [-0.15, -0.1) is 11.8 Å². The molecule has 0 spiro atoms. The number of nitrogens with zero attached hydrogens (tertiary/aromatic N) is 2. The molecule has 2 rings (SSSR count). The van der Waals surface area contributed by atoms with E-state index in [9.17, 15) is 9.59 Å². The Morgan fingerprint density at radius 1 is 1.14 bits per heavy atom. The molecular formula is C20H17N3O4S. The van der Waals surface area contributed by atoms with Crippen LogP contribution in [0, 0.1) is 22.7 Å². The summed E-state index contributed by atoms with van der Waals surface area (Å²) in [4.78, 5) is 24.8. The summed E-state index contributed by atoms with van der Waals surface area (Å²) in [5, 5.41) is 20.1. The smallest absolute Gasteiger partial charge is 0.347 e. The molecule has 0 aliphatic heterocycles. The molecule has 0 aliphatic carbocycles. The quantitative estimate of drug-likeness (QED) is 0.540. The zero-order valence-corrected chi connectivity index (χ0v) is 15.9. The fourth-order valence-electron chi connectivity index (χ4n) is 2.11. The van der Waals surface area contributed by atoms with Crippen molar-refractivity contribution in [3.05, 3.63) is 54.1 Å².